The van der Waals surface area contributed by atoms with Crippen molar-refractivity contribution in [1.82, 2.24) is 9.78 Å². The van der Waals surface area contributed by atoms with Gasteiger partial charge in [0.25, 0.3) is 0 Å². The number of hydrogen-bond acceptors (Lipinski definition) is 1. The molecule has 4 heteroatoms. The van der Waals surface area contributed by atoms with Gasteiger partial charge >= 0.3 is 0 Å². The molecule has 0 unspecified atom stereocenters. The lowest BCUT2D eigenvalue weighted by Gasteiger charge is -2.09. The number of rotatable bonds is 3. The highest BCUT2D eigenvalue weighted by molar-refractivity contribution is 9.11. The Kier molecular flexibility index (Phi) is 4.55. The second kappa shape index (κ2) is 6.98. The molecule has 0 aliphatic rings. The summed E-state index contributed by atoms with van der Waals surface area (Å²) in [4.78, 5) is 0. The maximum atomic E-state index is 4.88. The summed E-state index contributed by atoms with van der Waals surface area (Å²) >= 11 is 7.14. The van der Waals surface area contributed by atoms with Crippen LogP contribution in [0.1, 0.15) is 0 Å². The predicted molar refractivity (Wildman–Crippen MR) is 110 cm³/mol. The van der Waals surface area contributed by atoms with Crippen LogP contribution in [-0.2, 0) is 0 Å². The van der Waals surface area contributed by atoms with Gasteiger partial charge in [0.05, 0.1) is 17.1 Å². The van der Waals surface area contributed by atoms with Gasteiger partial charge in [0, 0.05) is 20.1 Å². The van der Waals surface area contributed by atoms with Gasteiger partial charge in [0.2, 0.25) is 0 Å². The van der Waals surface area contributed by atoms with E-state index in [0.29, 0.717) is 0 Å². The van der Waals surface area contributed by atoms with E-state index in [2.05, 4.69) is 74.3 Å². The molecule has 0 N–H and O–H groups in total. The van der Waals surface area contributed by atoms with Crippen molar-refractivity contribution in [3.8, 4) is 28.2 Å². The quantitative estimate of drug-likeness (QED) is 0.336. The van der Waals surface area contributed by atoms with E-state index in [0.717, 1.165) is 37.1 Å². The van der Waals surface area contributed by atoms with E-state index in [1.807, 2.05) is 47.1 Å². The molecule has 0 aliphatic carbocycles. The van der Waals surface area contributed by atoms with Crippen LogP contribution in [0.15, 0.2) is 93.9 Å². The summed E-state index contributed by atoms with van der Waals surface area (Å²) in [5.41, 5.74) is 5.25. The van der Waals surface area contributed by atoms with Crippen molar-refractivity contribution in [3.05, 3.63) is 93.9 Å². The monoisotopic (exact) mass is 452 g/mol. The highest BCUT2D eigenvalue weighted by atomic mass is 79.9. The molecule has 1 heterocycles. The number of halogens is 2. The summed E-state index contributed by atoms with van der Waals surface area (Å²) < 4.78 is 4.01. The average Bonchev–Trinajstić information content (AvgIpc) is 3.08. The summed E-state index contributed by atoms with van der Waals surface area (Å²) in [6.07, 6.45) is 0. The predicted octanol–water partition coefficient (Wildman–Crippen LogP) is 6.73. The highest BCUT2D eigenvalue weighted by Gasteiger charge is 2.13. The van der Waals surface area contributed by atoms with Crippen LogP contribution in [0.5, 0.6) is 0 Å². The van der Waals surface area contributed by atoms with E-state index in [1.54, 1.807) is 0 Å². The standard InChI is InChI=1S/C21H14Br2N2/c22-17-11-18(23)13-19(12-17)25-21(16-9-5-2-6-10-16)14-20(24-25)15-7-3-1-4-8-15/h1-14H. The molecule has 25 heavy (non-hydrogen) atoms. The minimum atomic E-state index is 0.954. The Hall–Kier alpha value is -2.17. The van der Waals surface area contributed by atoms with Gasteiger partial charge < -0.3 is 0 Å². The molecule has 0 saturated carbocycles. The van der Waals surface area contributed by atoms with Crippen molar-refractivity contribution in [2.45, 2.75) is 0 Å². The number of nitrogens with zero attached hydrogens (tertiary/aromatic N) is 2. The van der Waals surface area contributed by atoms with E-state index in [1.165, 1.54) is 0 Å². The highest BCUT2D eigenvalue weighted by Crippen LogP contribution is 2.30. The number of aromatic nitrogens is 2. The van der Waals surface area contributed by atoms with Crippen LogP contribution in [0, 0.1) is 0 Å². The number of hydrogen-bond donors (Lipinski definition) is 0. The lowest BCUT2D eigenvalue weighted by Crippen LogP contribution is -1.99. The fourth-order valence-electron chi connectivity index (χ4n) is 2.80. The van der Waals surface area contributed by atoms with E-state index >= 15 is 0 Å². The van der Waals surface area contributed by atoms with Crippen LogP contribution in [0.4, 0.5) is 0 Å². The summed E-state index contributed by atoms with van der Waals surface area (Å²) in [6.45, 7) is 0. The molecule has 0 bridgehead atoms. The van der Waals surface area contributed by atoms with Crippen LogP contribution in [-0.4, -0.2) is 9.78 Å². The molecule has 2 nitrogen and oxygen atoms in total. The van der Waals surface area contributed by atoms with Crippen molar-refractivity contribution in [3.63, 3.8) is 0 Å². The molecule has 122 valence electrons. The molecular weight excluding hydrogens is 440 g/mol. The van der Waals surface area contributed by atoms with Gasteiger partial charge in [-0.1, -0.05) is 92.5 Å². The van der Waals surface area contributed by atoms with Gasteiger partial charge in [-0.05, 0) is 24.3 Å². The maximum Gasteiger partial charge on any atom is 0.0934 e. The Morgan fingerprint density at radius 1 is 0.640 bits per heavy atom. The van der Waals surface area contributed by atoms with Gasteiger partial charge in [-0.25, -0.2) is 4.68 Å². The van der Waals surface area contributed by atoms with Gasteiger partial charge in [-0.15, -0.1) is 0 Å². The largest absolute Gasteiger partial charge is 0.232 e. The zero-order valence-corrected chi connectivity index (χ0v) is 16.4. The maximum absolute atomic E-state index is 4.88. The second-order valence-electron chi connectivity index (χ2n) is 5.69. The molecule has 4 aromatic rings. The van der Waals surface area contributed by atoms with Crippen LogP contribution in [0.2, 0.25) is 0 Å². The topological polar surface area (TPSA) is 17.8 Å². The Bertz CT molecular complexity index is 989. The van der Waals surface area contributed by atoms with E-state index in [9.17, 15) is 0 Å². The third-order valence-corrected chi connectivity index (χ3v) is 4.86. The first kappa shape index (κ1) is 16.3. The van der Waals surface area contributed by atoms with E-state index < -0.39 is 0 Å². The van der Waals surface area contributed by atoms with E-state index in [4.69, 9.17) is 5.10 Å². The Morgan fingerprint density at radius 3 is 1.80 bits per heavy atom. The third-order valence-electron chi connectivity index (χ3n) is 3.94. The summed E-state index contributed by atoms with van der Waals surface area (Å²) in [6, 6.07) is 28.9. The molecule has 0 aliphatic heterocycles. The fraction of sp³-hybridized carbons (Fsp3) is 0. The summed E-state index contributed by atoms with van der Waals surface area (Å²) in [5, 5.41) is 4.88. The van der Waals surface area contributed by atoms with E-state index in [-0.39, 0.29) is 0 Å². The molecular formula is C21H14Br2N2. The van der Waals surface area contributed by atoms with Crippen molar-refractivity contribution in [1.29, 1.82) is 0 Å². The van der Waals surface area contributed by atoms with Gasteiger partial charge in [-0.3, -0.25) is 0 Å². The molecule has 0 spiro atoms. The van der Waals surface area contributed by atoms with Gasteiger partial charge in [0.1, 0.15) is 0 Å². The zero-order chi connectivity index (χ0) is 17.2. The molecule has 3 aromatic carbocycles. The van der Waals surface area contributed by atoms with Crippen molar-refractivity contribution in [2.75, 3.05) is 0 Å². The Labute approximate surface area is 163 Å². The van der Waals surface area contributed by atoms with Crippen LogP contribution < -0.4 is 0 Å². The molecule has 0 atom stereocenters. The SMILES string of the molecule is Brc1cc(Br)cc(-n2nc(-c3ccccc3)cc2-c2ccccc2)c1. The summed E-state index contributed by atoms with van der Waals surface area (Å²) in [5.74, 6) is 0. The zero-order valence-electron chi connectivity index (χ0n) is 13.2. The first-order valence-electron chi connectivity index (χ1n) is 7.88. The lowest BCUT2D eigenvalue weighted by molar-refractivity contribution is 0.890. The Morgan fingerprint density at radius 2 is 1.20 bits per heavy atom. The third kappa shape index (κ3) is 3.46. The molecule has 0 radical (unpaired) electrons. The number of benzene rings is 3. The molecule has 0 saturated heterocycles. The average molecular weight is 454 g/mol. The van der Waals surface area contributed by atoms with Crippen LogP contribution in [0.25, 0.3) is 28.2 Å². The lowest BCUT2D eigenvalue weighted by atomic mass is 10.1. The smallest absolute Gasteiger partial charge is 0.0934 e. The fourth-order valence-corrected chi connectivity index (χ4v) is 4.07. The molecule has 4 rings (SSSR count). The first-order chi connectivity index (χ1) is 12.2. The van der Waals surface area contributed by atoms with Gasteiger partial charge in [0.15, 0.2) is 0 Å². The summed E-state index contributed by atoms with van der Waals surface area (Å²) in [7, 11) is 0. The van der Waals surface area contributed by atoms with Crippen molar-refractivity contribution in [2.24, 2.45) is 0 Å². The second-order valence-corrected chi connectivity index (χ2v) is 7.52. The molecule has 0 amide bonds. The minimum Gasteiger partial charge on any atom is -0.232 e. The Balaban J connectivity index is 1.94. The molecule has 1 aromatic heterocycles. The normalized spacial score (nSPS) is 10.8. The first-order valence-corrected chi connectivity index (χ1v) is 9.47. The molecule has 0 fully saturated rings. The minimum absolute atomic E-state index is 0.954. The van der Waals surface area contributed by atoms with Crippen molar-refractivity contribution >= 4 is 31.9 Å². The van der Waals surface area contributed by atoms with Crippen molar-refractivity contribution < 1.29 is 0 Å². The van der Waals surface area contributed by atoms with Gasteiger partial charge in [-0.2, -0.15) is 5.10 Å². The van der Waals surface area contributed by atoms with Crippen LogP contribution in [0.3, 0.4) is 0 Å². The van der Waals surface area contributed by atoms with Crippen LogP contribution >= 0.6 is 31.9 Å².